The Morgan fingerprint density at radius 2 is 2.00 bits per heavy atom. The van der Waals surface area contributed by atoms with E-state index in [-0.39, 0.29) is 5.41 Å². The van der Waals surface area contributed by atoms with Gasteiger partial charge in [-0.15, -0.1) is 0 Å². The van der Waals surface area contributed by atoms with Gasteiger partial charge in [0.05, 0.1) is 0 Å². The average molecular weight is 259 g/mol. The van der Waals surface area contributed by atoms with E-state index in [1.54, 1.807) is 0 Å². The second kappa shape index (κ2) is 4.22. The highest BCUT2D eigenvalue weighted by Crippen LogP contribution is 2.42. The first-order valence-corrected chi connectivity index (χ1v) is 7.63. The Morgan fingerprint density at radius 1 is 1.32 bits per heavy atom. The van der Waals surface area contributed by atoms with E-state index >= 15 is 0 Å². The molecule has 2 aliphatic carbocycles. The molecule has 1 fully saturated rings. The molecule has 2 aliphatic rings. The molecule has 0 radical (unpaired) electrons. The first-order chi connectivity index (χ1) is 8.89. The third-order valence-electron chi connectivity index (χ3n) is 5.16. The zero-order valence-electron chi connectivity index (χ0n) is 12.6. The summed E-state index contributed by atoms with van der Waals surface area (Å²) in [6, 6.07) is 2.68. The molecule has 1 saturated carbocycles. The van der Waals surface area contributed by atoms with E-state index in [0.717, 1.165) is 17.9 Å². The molecule has 2 nitrogen and oxygen atoms in total. The molecule has 1 aromatic heterocycles. The van der Waals surface area contributed by atoms with Gasteiger partial charge in [-0.3, -0.25) is 4.79 Å². The molecule has 2 heteroatoms. The van der Waals surface area contributed by atoms with E-state index in [4.69, 9.17) is 0 Å². The van der Waals surface area contributed by atoms with Gasteiger partial charge in [-0.05, 0) is 50.5 Å². The third kappa shape index (κ3) is 2.05. The number of aromatic nitrogens is 1. The zero-order chi connectivity index (χ0) is 13.8. The fourth-order valence-electron chi connectivity index (χ4n) is 3.87. The van der Waals surface area contributed by atoms with E-state index in [1.807, 2.05) is 0 Å². The van der Waals surface area contributed by atoms with Gasteiger partial charge in [0, 0.05) is 29.4 Å². The topological polar surface area (TPSA) is 22.0 Å². The van der Waals surface area contributed by atoms with E-state index in [0.29, 0.717) is 18.2 Å². The van der Waals surface area contributed by atoms with Crippen LogP contribution in [-0.2, 0) is 6.42 Å². The minimum Gasteiger partial charge on any atom is -0.345 e. The fourth-order valence-corrected chi connectivity index (χ4v) is 3.87. The van der Waals surface area contributed by atoms with Crippen molar-refractivity contribution in [3.05, 3.63) is 23.0 Å². The number of hydrogen-bond donors (Lipinski definition) is 0. The summed E-state index contributed by atoms with van der Waals surface area (Å²) >= 11 is 0. The summed E-state index contributed by atoms with van der Waals surface area (Å²) in [7, 11) is 0. The maximum Gasteiger partial charge on any atom is 0.165 e. The summed E-state index contributed by atoms with van der Waals surface area (Å²) in [5.74, 6) is 1.16. The van der Waals surface area contributed by atoms with E-state index in [1.165, 1.54) is 30.7 Å². The molecule has 19 heavy (non-hydrogen) atoms. The molecule has 0 spiro atoms. The van der Waals surface area contributed by atoms with Crippen molar-refractivity contribution in [3.63, 3.8) is 0 Å². The number of rotatable bonds is 2. The first kappa shape index (κ1) is 13.0. The van der Waals surface area contributed by atoms with Crippen LogP contribution in [0.3, 0.4) is 0 Å². The van der Waals surface area contributed by atoms with Gasteiger partial charge < -0.3 is 4.57 Å². The summed E-state index contributed by atoms with van der Waals surface area (Å²) in [5, 5.41) is 0. The monoisotopic (exact) mass is 259 g/mol. The first-order valence-electron chi connectivity index (χ1n) is 7.63. The van der Waals surface area contributed by atoms with Crippen molar-refractivity contribution in [1.29, 1.82) is 0 Å². The van der Waals surface area contributed by atoms with Crippen molar-refractivity contribution < 1.29 is 4.79 Å². The molecule has 0 amide bonds. The van der Waals surface area contributed by atoms with Crippen LogP contribution in [0.15, 0.2) is 6.07 Å². The highest BCUT2D eigenvalue weighted by atomic mass is 16.1. The van der Waals surface area contributed by atoms with Crippen LogP contribution in [-0.4, -0.2) is 10.4 Å². The highest BCUT2D eigenvalue weighted by Gasteiger charge is 2.36. The van der Waals surface area contributed by atoms with Gasteiger partial charge in [-0.1, -0.05) is 20.3 Å². The number of Topliss-reactive ketones (excluding diaryl/α,β-unsaturated/α-hetero) is 1. The highest BCUT2D eigenvalue weighted by molar-refractivity contribution is 5.99. The van der Waals surface area contributed by atoms with Gasteiger partial charge >= 0.3 is 0 Å². The Bertz CT molecular complexity index is 520. The Balaban J connectivity index is 2.04. The number of ketones is 1. The summed E-state index contributed by atoms with van der Waals surface area (Å²) in [6.45, 7) is 8.93. The van der Waals surface area contributed by atoms with Crippen LogP contribution in [0.4, 0.5) is 0 Å². The lowest BCUT2D eigenvalue weighted by atomic mass is 9.75. The third-order valence-corrected chi connectivity index (χ3v) is 5.16. The molecule has 104 valence electrons. The molecule has 0 N–H and O–H groups in total. The maximum absolute atomic E-state index is 12.3. The second-order valence-electron chi connectivity index (χ2n) is 7.39. The van der Waals surface area contributed by atoms with Crippen molar-refractivity contribution in [2.45, 2.75) is 65.8 Å². The van der Waals surface area contributed by atoms with Crippen molar-refractivity contribution in [2.75, 3.05) is 0 Å². The second-order valence-corrected chi connectivity index (χ2v) is 7.39. The molecular weight excluding hydrogens is 234 g/mol. The standard InChI is InChI=1S/C17H25NO/c1-11-8-14-15(9-17(3,4)10-16(14)19)18(11)12(2)13-6-5-7-13/h8,12-13H,5-7,9-10H2,1-4H3. The van der Waals surface area contributed by atoms with Crippen molar-refractivity contribution >= 4 is 5.78 Å². The minimum absolute atomic E-state index is 0.117. The number of hydrogen-bond acceptors (Lipinski definition) is 1. The Kier molecular flexibility index (Phi) is 2.88. The summed E-state index contributed by atoms with van der Waals surface area (Å²) in [4.78, 5) is 12.3. The maximum atomic E-state index is 12.3. The summed E-state index contributed by atoms with van der Waals surface area (Å²) < 4.78 is 2.47. The predicted molar refractivity (Wildman–Crippen MR) is 77.7 cm³/mol. The lowest BCUT2D eigenvalue weighted by Crippen LogP contribution is -2.31. The van der Waals surface area contributed by atoms with Gasteiger partial charge in [0.2, 0.25) is 0 Å². The fraction of sp³-hybridized carbons (Fsp3) is 0.706. The average Bonchev–Trinajstić information content (AvgIpc) is 2.50. The molecular formula is C17H25NO. The van der Waals surface area contributed by atoms with Gasteiger partial charge in [0.25, 0.3) is 0 Å². The summed E-state index contributed by atoms with van der Waals surface area (Å²) in [5.41, 5.74) is 3.70. The van der Waals surface area contributed by atoms with Crippen LogP contribution in [0.25, 0.3) is 0 Å². The largest absolute Gasteiger partial charge is 0.345 e. The normalized spacial score (nSPS) is 23.9. The number of nitrogens with zero attached hydrogens (tertiary/aromatic N) is 1. The molecule has 1 atom stereocenters. The Hall–Kier alpha value is -1.05. The smallest absolute Gasteiger partial charge is 0.165 e. The van der Waals surface area contributed by atoms with Crippen LogP contribution >= 0.6 is 0 Å². The lowest BCUT2D eigenvalue weighted by Gasteiger charge is -2.36. The van der Waals surface area contributed by atoms with E-state index in [9.17, 15) is 4.79 Å². The Labute approximate surface area is 116 Å². The van der Waals surface area contributed by atoms with Gasteiger partial charge in [0.15, 0.2) is 5.78 Å². The number of carbonyl (C=O) groups excluding carboxylic acids is 1. The molecule has 1 unspecified atom stereocenters. The quantitative estimate of drug-likeness (QED) is 0.775. The zero-order valence-corrected chi connectivity index (χ0v) is 12.6. The van der Waals surface area contributed by atoms with Crippen LogP contribution in [0, 0.1) is 18.3 Å². The number of carbonyl (C=O) groups is 1. The van der Waals surface area contributed by atoms with Crippen molar-refractivity contribution in [3.8, 4) is 0 Å². The van der Waals surface area contributed by atoms with Gasteiger partial charge in [-0.2, -0.15) is 0 Å². The van der Waals surface area contributed by atoms with Crippen LogP contribution in [0.2, 0.25) is 0 Å². The molecule has 1 heterocycles. The number of aryl methyl sites for hydroxylation is 1. The van der Waals surface area contributed by atoms with Crippen LogP contribution in [0.5, 0.6) is 0 Å². The summed E-state index contributed by atoms with van der Waals surface area (Å²) in [6.07, 6.45) is 5.82. The predicted octanol–water partition coefficient (Wildman–Crippen LogP) is 4.31. The molecule has 1 aromatic rings. The van der Waals surface area contributed by atoms with Crippen LogP contribution < -0.4 is 0 Å². The van der Waals surface area contributed by atoms with E-state index in [2.05, 4.69) is 38.3 Å². The van der Waals surface area contributed by atoms with Crippen LogP contribution in [0.1, 0.15) is 74.2 Å². The minimum atomic E-state index is 0.117. The van der Waals surface area contributed by atoms with E-state index < -0.39 is 0 Å². The molecule has 3 rings (SSSR count). The molecule has 0 aromatic carbocycles. The Morgan fingerprint density at radius 3 is 2.58 bits per heavy atom. The van der Waals surface area contributed by atoms with Crippen molar-refractivity contribution in [2.24, 2.45) is 11.3 Å². The number of fused-ring (bicyclic) bond motifs is 1. The van der Waals surface area contributed by atoms with Gasteiger partial charge in [-0.25, -0.2) is 0 Å². The molecule has 0 saturated heterocycles. The lowest BCUT2D eigenvalue weighted by molar-refractivity contribution is 0.0907. The SMILES string of the molecule is Cc1cc2c(n1C(C)C1CCC1)CC(C)(C)CC2=O. The van der Waals surface area contributed by atoms with Gasteiger partial charge in [0.1, 0.15) is 0 Å². The molecule has 0 aliphatic heterocycles. The van der Waals surface area contributed by atoms with Crippen molar-refractivity contribution in [1.82, 2.24) is 4.57 Å². The molecule has 0 bridgehead atoms.